The standard InChI is InChI=1S/C16H29N3O/c1-5-9-19-12-14(17)10-15(19)16(20)18(8-4)11-13(6-2)7-3/h10,12-13H,5-9,11,17H2,1-4H3. The SMILES string of the molecule is CCCn1cc(N)cc1C(=O)N(CC)CC(CC)CC. The van der Waals surface area contributed by atoms with Crippen LogP contribution in [0, 0.1) is 5.92 Å². The predicted octanol–water partition coefficient (Wildman–Crippen LogP) is 3.38. The minimum absolute atomic E-state index is 0.101. The quantitative estimate of drug-likeness (QED) is 0.793. The Bertz CT molecular complexity index is 421. The van der Waals surface area contributed by atoms with E-state index in [4.69, 9.17) is 5.73 Å². The maximum absolute atomic E-state index is 12.7. The van der Waals surface area contributed by atoms with Gasteiger partial charge in [0, 0.05) is 25.8 Å². The Kier molecular flexibility index (Phi) is 6.62. The van der Waals surface area contributed by atoms with Crippen LogP contribution < -0.4 is 5.73 Å². The number of anilines is 1. The lowest BCUT2D eigenvalue weighted by atomic mass is 10.0. The first-order chi connectivity index (χ1) is 9.57. The van der Waals surface area contributed by atoms with Crippen LogP contribution in [0.2, 0.25) is 0 Å². The van der Waals surface area contributed by atoms with Crippen LogP contribution in [-0.2, 0) is 6.54 Å². The molecule has 1 rings (SSSR count). The van der Waals surface area contributed by atoms with Gasteiger partial charge in [0.25, 0.3) is 5.91 Å². The van der Waals surface area contributed by atoms with Gasteiger partial charge in [-0.3, -0.25) is 4.79 Å². The second-order valence-electron chi connectivity index (χ2n) is 5.38. The number of nitrogens with zero attached hydrogens (tertiary/aromatic N) is 2. The average Bonchev–Trinajstić information content (AvgIpc) is 2.81. The van der Waals surface area contributed by atoms with Crippen molar-refractivity contribution in [2.45, 2.75) is 53.5 Å². The smallest absolute Gasteiger partial charge is 0.270 e. The van der Waals surface area contributed by atoms with Crippen molar-refractivity contribution in [1.29, 1.82) is 0 Å². The maximum atomic E-state index is 12.7. The molecule has 0 spiro atoms. The number of aromatic nitrogens is 1. The van der Waals surface area contributed by atoms with Gasteiger partial charge in [-0.15, -0.1) is 0 Å². The van der Waals surface area contributed by atoms with E-state index in [1.807, 2.05) is 22.6 Å². The van der Waals surface area contributed by atoms with Crippen molar-refractivity contribution < 1.29 is 4.79 Å². The molecule has 0 aromatic carbocycles. The molecule has 0 saturated carbocycles. The number of hydrogen-bond donors (Lipinski definition) is 1. The number of nitrogen functional groups attached to an aromatic ring is 1. The van der Waals surface area contributed by atoms with Crippen molar-refractivity contribution in [2.24, 2.45) is 5.92 Å². The molecule has 0 aliphatic carbocycles. The maximum Gasteiger partial charge on any atom is 0.270 e. The fourth-order valence-corrected chi connectivity index (χ4v) is 2.51. The third-order valence-corrected chi connectivity index (χ3v) is 3.90. The van der Waals surface area contributed by atoms with Crippen LogP contribution in [0.1, 0.15) is 57.4 Å². The number of nitrogens with two attached hydrogens (primary N) is 1. The molecule has 0 bridgehead atoms. The first-order valence-electron chi connectivity index (χ1n) is 7.82. The van der Waals surface area contributed by atoms with E-state index in [-0.39, 0.29) is 5.91 Å². The van der Waals surface area contributed by atoms with Gasteiger partial charge in [0.15, 0.2) is 0 Å². The van der Waals surface area contributed by atoms with Gasteiger partial charge in [-0.25, -0.2) is 0 Å². The number of hydrogen-bond acceptors (Lipinski definition) is 2. The average molecular weight is 279 g/mol. The highest BCUT2D eigenvalue weighted by atomic mass is 16.2. The molecule has 0 fully saturated rings. The summed E-state index contributed by atoms with van der Waals surface area (Å²) < 4.78 is 1.98. The highest BCUT2D eigenvalue weighted by Gasteiger charge is 2.20. The number of carbonyl (C=O) groups excluding carboxylic acids is 1. The summed E-state index contributed by atoms with van der Waals surface area (Å²) >= 11 is 0. The van der Waals surface area contributed by atoms with Crippen LogP contribution in [0.3, 0.4) is 0 Å². The Hall–Kier alpha value is -1.45. The summed E-state index contributed by atoms with van der Waals surface area (Å²) in [5.74, 6) is 0.676. The molecule has 2 N–H and O–H groups in total. The molecule has 4 heteroatoms. The zero-order valence-electron chi connectivity index (χ0n) is 13.4. The van der Waals surface area contributed by atoms with E-state index < -0.39 is 0 Å². The third kappa shape index (κ3) is 4.02. The van der Waals surface area contributed by atoms with Gasteiger partial charge in [0.1, 0.15) is 5.69 Å². The first-order valence-corrected chi connectivity index (χ1v) is 7.82. The molecule has 20 heavy (non-hydrogen) atoms. The number of amides is 1. The van der Waals surface area contributed by atoms with Crippen LogP contribution >= 0.6 is 0 Å². The summed E-state index contributed by atoms with van der Waals surface area (Å²) in [6.07, 6.45) is 5.07. The molecule has 114 valence electrons. The largest absolute Gasteiger partial charge is 0.397 e. The van der Waals surface area contributed by atoms with Crippen molar-refractivity contribution in [3.05, 3.63) is 18.0 Å². The lowest BCUT2D eigenvalue weighted by Crippen LogP contribution is -2.36. The van der Waals surface area contributed by atoms with E-state index in [0.29, 0.717) is 11.6 Å². The van der Waals surface area contributed by atoms with E-state index >= 15 is 0 Å². The fraction of sp³-hybridized carbons (Fsp3) is 0.688. The summed E-state index contributed by atoms with van der Waals surface area (Å²) in [6, 6.07) is 1.80. The molecule has 0 atom stereocenters. The number of carbonyl (C=O) groups is 1. The van der Waals surface area contributed by atoms with E-state index in [1.54, 1.807) is 6.07 Å². The molecule has 1 aromatic heterocycles. The second-order valence-corrected chi connectivity index (χ2v) is 5.38. The van der Waals surface area contributed by atoms with Crippen LogP contribution in [0.25, 0.3) is 0 Å². The van der Waals surface area contributed by atoms with Gasteiger partial charge in [0.05, 0.1) is 5.69 Å². The molecule has 1 amide bonds. The van der Waals surface area contributed by atoms with Gasteiger partial charge < -0.3 is 15.2 Å². The first kappa shape index (κ1) is 16.6. The summed E-state index contributed by atoms with van der Waals surface area (Å²) in [5, 5.41) is 0. The van der Waals surface area contributed by atoms with E-state index in [2.05, 4.69) is 20.8 Å². The van der Waals surface area contributed by atoms with Crippen molar-refractivity contribution in [1.82, 2.24) is 9.47 Å². The molecule has 0 aliphatic rings. The zero-order valence-corrected chi connectivity index (χ0v) is 13.4. The Morgan fingerprint density at radius 3 is 2.45 bits per heavy atom. The van der Waals surface area contributed by atoms with Gasteiger partial charge >= 0.3 is 0 Å². The molecule has 0 radical (unpaired) electrons. The molecular formula is C16H29N3O. The van der Waals surface area contributed by atoms with Gasteiger partial charge in [0.2, 0.25) is 0 Å². The zero-order chi connectivity index (χ0) is 15.1. The monoisotopic (exact) mass is 279 g/mol. The van der Waals surface area contributed by atoms with Crippen LogP contribution in [-0.4, -0.2) is 28.5 Å². The Morgan fingerprint density at radius 2 is 1.95 bits per heavy atom. The third-order valence-electron chi connectivity index (χ3n) is 3.90. The fourth-order valence-electron chi connectivity index (χ4n) is 2.51. The molecule has 0 saturated heterocycles. The van der Waals surface area contributed by atoms with Gasteiger partial charge in [-0.05, 0) is 25.3 Å². The second kappa shape index (κ2) is 7.98. The highest BCUT2D eigenvalue weighted by Crippen LogP contribution is 2.16. The van der Waals surface area contributed by atoms with Crippen LogP contribution in [0.5, 0.6) is 0 Å². The summed E-state index contributed by atoms with van der Waals surface area (Å²) in [7, 11) is 0. The Balaban J connectivity index is 2.90. The summed E-state index contributed by atoms with van der Waals surface area (Å²) in [5.41, 5.74) is 7.24. The van der Waals surface area contributed by atoms with Crippen molar-refractivity contribution in [2.75, 3.05) is 18.8 Å². The Labute approximate surface area is 122 Å². The van der Waals surface area contributed by atoms with Gasteiger partial charge in [-0.2, -0.15) is 0 Å². The van der Waals surface area contributed by atoms with E-state index in [1.165, 1.54) is 0 Å². The van der Waals surface area contributed by atoms with E-state index in [0.717, 1.165) is 44.6 Å². The van der Waals surface area contributed by atoms with Crippen LogP contribution in [0.4, 0.5) is 5.69 Å². The van der Waals surface area contributed by atoms with E-state index in [9.17, 15) is 4.79 Å². The lowest BCUT2D eigenvalue weighted by Gasteiger charge is -2.26. The number of aryl methyl sites for hydroxylation is 1. The van der Waals surface area contributed by atoms with Crippen molar-refractivity contribution in [3.63, 3.8) is 0 Å². The Morgan fingerprint density at radius 1 is 1.30 bits per heavy atom. The van der Waals surface area contributed by atoms with Crippen LogP contribution in [0.15, 0.2) is 12.3 Å². The number of rotatable bonds is 8. The molecule has 1 aromatic rings. The lowest BCUT2D eigenvalue weighted by molar-refractivity contribution is 0.0724. The highest BCUT2D eigenvalue weighted by molar-refractivity contribution is 5.93. The van der Waals surface area contributed by atoms with Gasteiger partial charge in [-0.1, -0.05) is 33.6 Å². The topological polar surface area (TPSA) is 51.3 Å². The molecule has 4 nitrogen and oxygen atoms in total. The predicted molar refractivity (Wildman–Crippen MR) is 84.8 cm³/mol. The van der Waals surface area contributed by atoms with Crippen molar-refractivity contribution >= 4 is 11.6 Å². The summed E-state index contributed by atoms with van der Waals surface area (Å²) in [6.45, 7) is 10.9. The minimum Gasteiger partial charge on any atom is -0.397 e. The van der Waals surface area contributed by atoms with Crippen molar-refractivity contribution in [3.8, 4) is 0 Å². The summed E-state index contributed by atoms with van der Waals surface area (Å²) in [4.78, 5) is 14.6. The molecular weight excluding hydrogens is 250 g/mol. The molecule has 0 aliphatic heterocycles. The minimum atomic E-state index is 0.101. The molecule has 0 unspecified atom stereocenters. The molecule has 1 heterocycles. The normalized spacial score (nSPS) is 11.1.